The number of nitrogens with one attached hydrogen (secondary N) is 1. The van der Waals surface area contributed by atoms with Gasteiger partial charge in [0.05, 0.1) is 7.11 Å². The van der Waals surface area contributed by atoms with Crippen LogP contribution in [-0.2, 0) is 11.3 Å². The molecule has 1 aromatic rings. The van der Waals surface area contributed by atoms with Crippen molar-refractivity contribution < 1.29 is 9.53 Å². The van der Waals surface area contributed by atoms with Gasteiger partial charge in [-0.05, 0) is 51.4 Å². The van der Waals surface area contributed by atoms with Gasteiger partial charge >= 0.3 is 0 Å². The number of unbranched alkanes of at least 4 members (excludes halogenated alkanes) is 1. The number of likely N-dealkylation sites (tertiary alicyclic amines) is 1. The molecule has 0 atom stereocenters. The van der Waals surface area contributed by atoms with Crippen molar-refractivity contribution in [2.45, 2.75) is 32.2 Å². The number of rotatable bonds is 9. The third-order valence-electron chi connectivity index (χ3n) is 5.35. The van der Waals surface area contributed by atoms with E-state index in [2.05, 4.69) is 26.2 Å². The van der Waals surface area contributed by atoms with E-state index in [9.17, 15) is 4.79 Å². The minimum Gasteiger partial charge on any atom is -0.496 e. The average Bonchev–Trinajstić information content (AvgIpc) is 2.71. The van der Waals surface area contributed by atoms with Crippen LogP contribution in [0.2, 0.25) is 0 Å². The molecular weight excluding hydrogens is 354 g/mol. The summed E-state index contributed by atoms with van der Waals surface area (Å²) in [6, 6.07) is 8.05. The number of guanidine groups is 1. The van der Waals surface area contributed by atoms with Gasteiger partial charge in [-0.2, -0.15) is 0 Å². The molecule has 0 aliphatic carbocycles. The molecule has 0 aromatic heterocycles. The highest BCUT2D eigenvalue weighted by Gasteiger charge is 2.22. The number of carbonyl (C=O) groups excluding carboxylic acids is 1. The molecule has 28 heavy (non-hydrogen) atoms. The molecule has 0 unspecified atom stereocenters. The third-order valence-corrected chi connectivity index (χ3v) is 5.35. The summed E-state index contributed by atoms with van der Waals surface area (Å²) in [6.07, 6.45) is 4.00. The number of benzene rings is 1. The summed E-state index contributed by atoms with van der Waals surface area (Å²) in [5.74, 6) is 1.70. The van der Waals surface area contributed by atoms with Crippen LogP contribution in [0.5, 0.6) is 5.75 Å². The molecule has 0 saturated carbocycles. The molecule has 1 aliphatic rings. The van der Waals surface area contributed by atoms with Gasteiger partial charge in [0.1, 0.15) is 5.75 Å². The zero-order valence-corrected chi connectivity index (χ0v) is 17.5. The van der Waals surface area contributed by atoms with Crippen LogP contribution in [-0.4, -0.2) is 69.1 Å². The predicted molar refractivity (Wildman–Crippen MR) is 113 cm³/mol. The zero-order valence-electron chi connectivity index (χ0n) is 17.5. The highest BCUT2D eigenvalue weighted by Crippen LogP contribution is 2.19. The highest BCUT2D eigenvalue weighted by molar-refractivity contribution is 5.79. The summed E-state index contributed by atoms with van der Waals surface area (Å²) in [4.78, 5) is 20.2. The smallest absolute Gasteiger partial charge is 0.220 e. The molecule has 156 valence electrons. The second-order valence-corrected chi connectivity index (χ2v) is 7.37. The summed E-state index contributed by atoms with van der Waals surface area (Å²) in [5, 5.41) is 3.44. The number of para-hydroxylation sites is 1. The van der Waals surface area contributed by atoms with Gasteiger partial charge in [0.15, 0.2) is 5.96 Å². The maximum atomic E-state index is 11.2. The number of amides is 1. The molecule has 7 nitrogen and oxygen atoms in total. The van der Waals surface area contributed by atoms with Gasteiger partial charge in [-0.15, -0.1) is 0 Å². The SMILES string of the molecule is CN=C(NCCCCN1CCC(C(N)=O)CC1)N(C)Cc1ccccc1OC. The van der Waals surface area contributed by atoms with E-state index in [1.54, 1.807) is 7.11 Å². The van der Waals surface area contributed by atoms with Crippen molar-refractivity contribution in [3.05, 3.63) is 29.8 Å². The van der Waals surface area contributed by atoms with Crippen LogP contribution >= 0.6 is 0 Å². The minimum atomic E-state index is -0.146. The number of aliphatic imine (C=N–C) groups is 1. The first kappa shape index (κ1) is 22.0. The van der Waals surface area contributed by atoms with Crippen molar-refractivity contribution in [2.24, 2.45) is 16.6 Å². The van der Waals surface area contributed by atoms with Gasteiger partial charge in [0.25, 0.3) is 0 Å². The predicted octanol–water partition coefficient (Wildman–Crippen LogP) is 1.68. The molecule has 0 radical (unpaired) electrons. The standard InChI is InChI=1S/C21H35N5O2/c1-23-21(25(2)16-18-8-4-5-9-19(18)28-3)24-12-6-7-13-26-14-10-17(11-15-26)20(22)27/h4-5,8-9,17H,6-7,10-16H2,1-3H3,(H2,22,27)(H,23,24). The Morgan fingerprint density at radius 2 is 2.04 bits per heavy atom. The number of methoxy groups -OCH3 is 1. The van der Waals surface area contributed by atoms with Gasteiger partial charge in [0, 0.05) is 38.7 Å². The van der Waals surface area contributed by atoms with Gasteiger partial charge in [-0.1, -0.05) is 18.2 Å². The van der Waals surface area contributed by atoms with E-state index in [1.807, 2.05) is 32.3 Å². The molecule has 1 aliphatic heterocycles. The van der Waals surface area contributed by atoms with Crippen molar-refractivity contribution in [2.75, 3.05) is 47.4 Å². The minimum absolute atomic E-state index is 0.0695. The van der Waals surface area contributed by atoms with Crippen molar-refractivity contribution in [3.8, 4) is 5.75 Å². The lowest BCUT2D eigenvalue weighted by atomic mass is 9.96. The lowest BCUT2D eigenvalue weighted by Gasteiger charge is -2.30. The first-order chi connectivity index (χ1) is 13.5. The lowest BCUT2D eigenvalue weighted by Crippen LogP contribution is -2.40. The highest BCUT2D eigenvalue weighted by atomic mass is 16.5. The summed E-state index contributed by atoms with van der Waals surface area (Å²) in [5.41, 5.74) is 6.53. The molecule has 1 saturated heterocycles. The number of ether oxygens (including phenoxy) is 1. The Balaban J connectivity index is 1.66. The quantitative estimate of drug-likeness (QED) is 0.381. The second-order valence-electron chi connectivity index (χ2n) is 7.37. The number of carbonyl (C=O) groups is 1. The van der Waals surface area contributed by atoms with Crippen LogP contribution in [0.15, 0.2) is 29.3 Å². The van der Waals surface area contributed by atoms with Crippen LogP contribution in [0.25, 0.3) is 0 Å². The fraction of sp³-hybridized carbons (Fsp3) is 0.619. The Bertz CT molecular complexity index is 641. The van der Waals surface area contributed by atoms with Gasteiger partial charge in [-0.3, -0.25) is 9.79 Å². The third kappa shape index (κ3) is 6.71. The largest absolute Gasteiger partial charge is 0.496 e. The van der Waals surface area contributed by atoms with Crippen molar-refractivity contribution in [1.82, 2.24) is 15.1 Å². The Hall–Kier alpha value is -2.28. The first-order valence-corrected chi connectivity index (χ1v) is 10.1. The summed E-state index contributed by atoms with van der Waals surface area (Å²) in [6.45, 7) is 4.65. The number of piperidine rings is 1. The molecule has 1 amide bonds. The van der Waals surface area contributed by atoms with Crippen LogP contribution in [0, 0.1) is 5.92 Å². The number of hydrogen-bond acceptors (Lipinski definition) is 4. The topological polar surface area (TPSA) is 83.2 Å². The fourth-order valence-corrected chi connectivity index (χ4v) is 3.65. The van der Waals surface area contributed by atoms with E-state index in [0.717, 1.165) is 75.7 Å². The molecular formula is C21H35N5O2. The molecule has 2 rings (SSSR count). The van der Waals surface area contributed by atoms with E-state index in [0.29, 0.717) is 0 Å². The maximum Gasteiger partial charge on any atom is 0.220 e. The molecule has 3 N–H and O–H groups in total. The van der Waals surface area contributed by atoms with E-state index >= 15 is 0 Å². The monoisotopic (exact) mass is 389 g/mol. The van der Waals surface area contributed by atoms with Crippen LogP contribution in [0.4, 0.5) is 0 Å². The van der Waals surface area contributed by atoms with Crippen molar-refractivity contribution in [3.63, 3.8) is 0 Å². The maximum absolute atomic E-state index is 11.2. The van der Waals surface area contributed by atoms with Crippen LogP contribution in [0.1, 0.15) is 31.2 Å². The molecule has 1 aromatic carbocycles. The van der Waals surface area contributed by atoms with Crippen LogP contribution in [0.3, 0.4) is 0 Å². The zero-order chi connectivity index (χ0) is 20.4. The number of hydrogen-bond donors (Lipinski definition) is 2. The molecule has 1 fully saturated rings. The Morgan fingerprint density at radius 3 is 2.68 bits per heavy atom. The summed E-state index contributed by atoms with van der Waals surface area (Å²) < 4.78 is 5.43. The number of nitrogens with two attached hydrogens (primary N) is 1. The van der Waals surface area contributed by atoms with E-state index < -0.39 is 0 Å². The van der Waals surface area contributed by atoms with E-state index in [-0.39, 0.29) is 11.8 Å². The summed E-state index contributed by atoms with van der Waals surface area (Å²) >= 11 is 0. The van der Waals surface area contributed by atoms with Crippen molar-refractivity contribution >= 4 is 11.9 Å². The number of nitrogens with zero attached hydrogens (tertiary/aromatic N) is 3. The van der Waals surface area contributed by atoms with Crippen molar-refractivity contribution in [1.29, 1.82) is 0 Å². The average molecular weight is 390 g/mol. The molecule has 1 heterocycles. The molecule has 0 bridgehead atoms. The Morgan fingerprint density at radius 1 is 1.32 bits per heavy atom. The molecule has 7 heteroatoms. The normalized spacial score (nSPS) is 16.0. The second kappa shape index (κ2) is 11.5. The van der Waals surface area contributed by atoms with E-state index in [1.165, 1.54) is 0 Å². The fourth-order valence-electron chi connectivity index (χ4n) is 3.65. The first-order valence-electron chi connectivity index (χ1n) is 10.1. The molecule has 0 spiro atoms. The van der Waals surface area contributed by atoms with Gasteiger partial charge in [0.2, 0.25) is 5.91 Å². The number of primary amides is 1. The van der Waals surface area contributed by atoms with Gasteiger partial charge in [-0.25, -0.2) is 0 Å². The lowest BCUT2D eigenvalue weighted by molar-refractivity contribution is -0.123. The van der Waals surface area contributed by atoms with Gasteiger partial charge < -0.3 is 25.6 Å². The Labute approximate surface area is 168 Å². The summed E-state index contributed by atoms with van der Waals surface area (Å²) in [7, 11) is 5.54. The Kier molecular flexibility index (Phi) is 9.07. The van der Waals surface area contributed by atoms with Crippen LogP contribution < -0.4 is 15.8 Å². The van der Waals surface area contributed by atoms with E-state index in [4.69, 9.17) is 10.5 Å².